The normalized spacial score (nSPS) is 19.0. The molecule has 0 amide bonds. The summed E-state index contributed by atoms with van der Waals surface area (Å²) in [4.78, 5) is 8.81. The van der Waals surface area contributed by atoms with Crippen molar-refractivity contribution >= 4 is 17.6 Å². The van der Waals surface area contributed by atoms with Crippen LogP contribution in [-0.4, -0.2) is 57.8 Å². The molecule has 1 unspecified atom stereocenters. The lowest BCUT2D eigenvalue weighted by atomic mass is 10.0. The number of methoxy groups -OCH3 is 2. The van der Waals surface area contributed by atoms with E-state index in [1.54, 1.807) is 20.3 Å². The second kappa shape index (κ2) is 8.30. The smallest absolute Gasteiger partial charge is 0.416 e. The van der Waals surface area contributed by atoms with Crippen molar-refractivity contribution in [2.75, 3.05) is 50.6 Å². The third kappa shape index (κ3) is 4.14. The van der Waals surface area contributed by atoms with Crippen LogP contribution in [0.3, 0.4) is 0 Å². The van der Waals surface area contributed by atoms with Gasteiger partial charge in [0.15, 0.2) is 17.8 Å². The Hall–Kier alpha value is -2.94. The summed E-state index contributed by atoms with van der Waals surface area (Å²) in [5.41, 5.74) is 2.78. The summed E-state index contributed by atoms with van der Waals surface area (Å²) in [7, 11) is 3.21. The van der Waals surface area contributed by atoms with Gasteiger partial charge in [0.2, 0.25) is 0 Å². The van der Waals surface area contributed by atoms with Crippen molar-refractivity contribution in [1.82, 2.24) is 4.90 Å². The molecule has 166 valence electrons. The number of piperazine rings is 1. The Morgan fingerprint density at radius 2 is 1.81 bits per heavy atom. The fraction of sp³-hybridized carbons (Fsp3) is 0.409. The van der Waals surface area contributed by atoms with E-state index in [4.69, 9.17) is 9.47 Å². The predicted octanol–water partition coefficient (Wildman–Crippen LogP) is 3.98. The Morgan fingerprint density at radius 3 is 2.45 bits per heavy atom. The van der Waals surface area contributed by atoms with Gasteiger partial charge in [0.1, 0.15) is 0 Å². The number of anilines is 2. The van der Waals surface area contributed by atoms with Gasteiger partial charge in [0, 0.05) is 61.0 Å². The van der Waals surface area contributed by atoms with Crippen LogP contribution < -0.4 is 19.7 Å². The van der Waals surface area contributed by atoms with Crippen LogP contribution in [0.15, 0.2) is 35.3 Å². The minimum absolute atomic E-state index is 0.242. The van der Waals surface area contributed by atoms with E-state index < -0.39 is 11.7 Å². The molecule has 0 aromatic heterocycles. The second-order valence-corrected chi connectivity index (χ2v) is 7.57. The SMILES string of the molecule is COc1cc2c(c(C)c1OC)C=NC(N1CCN(c3cccc(C(F)(F)F)c3)CC1)N2. The molecule has 2 aliphatic rings. The summed E-state index contributed by atoms with van der Waals surface area (Å²) >= 11 is 0. The summed E-state index contributed by atoms with van der Waals surface area (Å²) in [5.74, 6) is 1.33. The third-order valence-electron chi connectivity index (χ3n) is 5.79. The summed E-state index contributed by atoms with van der Waals surface area (Å²) in [6, 6.07) is 7.39. The quantitative estimate of drug-likeness (QED) is 0.789. The van der Waals surface area contributed by atoms with E-state index in [1.165, 1.54) is 12.1 Å². The number of nitrogens with zero attached hydrogens (tertiary/aromatic N) is 3. The molecule has 9 heteroatoms. The van der Waals surface area contributed by atoms with Gasteiger partial charge in [-0.05, 0) is 25.1 Å². The summed E-state index contributed by atoms with van der Waals surface area (Å²) < 4.78 is 50.0. The van der Waals surface area contributed by atoms with E-state index in [9.17, 15) is 13.2 Å². The van der Waals surface area contributed by atoms with Crippen molar-refractivity contribution in [3.05, 3.63) is 47.0 Å². The number of hydrogen-bond acceptors (Lipinski definition) is 6. The van der Waals surface area contributed by atoms with Gasteiger partial charge in [-0.1, -0.05) is 6.07 Å². The first-order chi connectivity index (χ1) is 14.8. The Kier molecular flexibility index (Phi) is 5.70. The Labute approximate surface area is 179 Å². The molecule has 2 heterocycles. The van der Waals surface area contributed by atoms with E-state index in [2.05, 4.69) is 15.2 Å². The van der Waals surface area contributed by atoms with E-state index >= 15 is 0 Å². The molecule has 31 heavy (non-hydrogen) atoms. The molecule has 1 N–H and O–H groups in total. The fourth-order valence-corrected chi connectivity index (χ4v) is 4.09. The Balaban J connectivity index is 1.45. The molecule has 0 bridgehead atoms. The molecule has 2 aliphatic heterocycles. The first kappa shape index (κ1) is 21.3. The molecule has 4 rings (SSSR count). The van der Waals surface area contributed by atoms with Gasteiger partial charge in [-0.3, -0.25) is 9.89 Å². The standard InChI is InChI=1S/C22H25F3N4O2/c1-14-17-13-26-21(27-18(17)12-19(30-2)20(14)31-3)29-9-7-28(8-10-29)16-6-4-5-15(11-16)22(23,24)25/h4-6,11-13,21,27H,7-10H2,1-3H3. The summed E-state index contributed by atoms with van der Waals surface area (Å²) in [6.07, 6.45) is -2.74. The third-order valence-corrected chi connectivity index (χ3v) is 5.79. The number of halogens is 3. The molecule has 2 aromatic carbocycles. The van der Waals surface area contributed by atoms with Crippen molar-refractivity contribution in [2.24, 2.45) is 4.99 Å². The van der Waals surface area contributed by atoms with E-state index in [-0.39, 0.29) is 6.29 Å². The largest absolute Gasteiger partial charge is 0.493 e. The molecule has 0 aliphatic carbocycles. The molecule has 0 radical (unpaired) electrons. The van der Waals surface area contributed by atoms with Crippen LogP contribution in [0.4, 0.5) is 24.5 Å². The zero-order valence-corrected chi connectivity index (χ0v) is 17.7. The minimum atomic E-state index is -4.34. The lowest BCUT2D eigenvalue weighted by Gasteiger charge is -2.40. The number of fused-ring (bicyclic) bond motifs is 1. The van der Waals surface area contributed by atoms with Gasteiger partial charge >= 0.3 is 6.18 Å². The fourth-order valence-electron chi connectivity index (χ4n) is 4.09. The number of alkyl halides is 3. The van der Waals surface area contributed by atoms with Crippen LogP contribution in [-0.2, 0) is 6.18 Å². The van der Waals surface area contributed by atoms with Gasteiger partial charge < -0.3 is 19.7 Å². The predicted molar refractivity (Wildman–Crippen MR) is 115 cm³/mol. The van der Waals surface area contributed by atoms with Crippen molar-refractivity contribution in [3.63, 3.8) is 0 Å². The maximum Gasteiger partial charge on any atom is 0.416 e. The average molecular weight is 434 g/mol. The van der Waals surface area contributed by atoms with Crippen molar-refractivity contribution in [1.29, 1.82) is 0 Å². The van der Waals surface area contributed by atoms with Crippen molar-refractivity contribution in [2.45, 2.75) is 19.4 Å². The van der Waals surface area contributed by atoms with Gasteiger partial charge in [-0.2, -0.15) is 13.2 Å². The maximum atomic E-state index is 13.0. The number of benzene rings is 2. The zero-order valence-electron chi connectivity index (χ0n) is 17.7. The highest BCUT2D eigenvalue weighted by Gasteiger charge is 2.32. The number of ether oxygens (including phenoxy) is 2. The highest BCUT2D eigenvalue weighted by molar-refractivity contribution is 5.93. The summed E-state index contributed by atoms with van der Waals surface area (Å²) in [5, 5.41) is 3.44. The highest BCUT2D eigenvalue weighted by atomic mass is 19.4. The molecular formula is C22H25F3N4O2. The molecular weight excluding hydrogens is 409 g/mol. The number of hydrogen-bond donors (Lipinski definition) is 1. The molecule has 1 atom stereocenters. The van der Waals surface area contributed by atoms with E-state index in [1.807, 2.05) is 24.1 Å². The maximum absolute atomic E-state index is 13.0. The zero-order chi connectivity index (χ0) is 22.2. The molecule has 0 spiro atoms. The van der Waals surface area contributed by atoms with Gasteiger partial charge in [-0.25, -0.2) is 0 Å². The highest BCUT2D eigenvalue weighted by Crippen LogP contribution is 2.39. The van der Waals surface area contributed by atoms with Gasteiger partial charge in [0.05, 0.1) is 19.8 Å². The van der Waals surface area contributed by atoms with Crippen molar-refractivity contribution < 1.29 is 22.6 Å². The molecule has 1 saturated heterocycles. The van der Waals surface area contributed by atoms with Gasteiger partial charge in [0.25, 0.3) is 0 Å². The Bertz CT molecular complexity index is 985. The number of nitrogens with one attached hydrogen (secondary N) is 1. The monoisotopic (exact) mass is 434 g/mol. The van der Waals surface area contributed by atoms with Crippen LogP contribution in [0, 0.1) is 6.92 Å². The lowest BCUT2D eigenvalue weighted by Crippen LogP contribution is -2.52. The molecule has 2 aromatic rings. The van der Waals surface area contributed by atoms with Crippen LogP contribution in [0.1, 0.15) is 16.7 Å². The van der Waals surface area contributed by atoms with Crippen molar-refractivity contribution in [3.8, 4) is 11.5 Å². The lowest BCUT2D eigenvalue weighted by molar-refractivity contribution is -0.137. The first-order valence-electron chi connectivity index (χ1n) is 10.0. The Morgan fingerprint density at radius 1 is 1.06 bits per heavy atom. The average Bonchev–Trinajstić information content (AvgIpc) is 2.78. The van der Waals surface area contributed by atoms with Crippen LogP contribution in [0.25, 0.3) is 0 Å². The summed E-state index contributed by atoms with van der Waals surface area (Å²) in [6.45, 7) is 4.54. The molecule has 1 fully saturated rings. The van der Waals surface area contributed by atoms with E-state index in [0.717, 1.165) is 22.9 Å². The molecule has 6 nitrogen and oxygen atoms in total. The molecule has 0 saturated carbocycles. The minimum Gasteiger partial charge on any atom is -0.493 e. The first-order valence-corrected chi connectivity index (χ1v) is 10.0. The van der Waals surface area contributed by atoms with Gasteiger partial charge in [-0.15, -0.1) is 0 Å². The van der Waals surface area contributed by atoms with E-state index in [0.29, 0.717) is 43.4 Å². The van der Waals surface area contributed by atoms with Crippen LogP contribution >= 0.6 is 0 Å². The van der Waals surface area contributed by atoms with Crippen LogP contribution in [0.2, 0.25) is 0 Å². The topological polar surface area (TPSA) is 49.3 Å². The van der Waals surface area contributed by atoms with Crippen LogP contribution in [0.5, 0.6) is 11.5 Å². The number of aliphatic imine (C=N–C) groups is 1. The number of rotatable bonds is 4. The second-order valence-electron chi connectivity index (χ2n) is 7.57.